The molecule has 0 spiro atoms. The molecule has 1 saturated carbocycles. The molecule has 39 heavy (non-hydrogen) atoms. The molecule has 1 aliphatic carbocycles. The van der Waals surface area contributed by atoms with Crippen LogP contribution in [0.2, 0.25) is 0 Å². The molecule has 0 unspecified atom stereocenters. The number of fused-ring (bicyclic) bond motifs is 1. The number of pyridine rings is 1. The number of anilines is 2. The minimum absolute atomic E-state index is 0.0422. The number of carbonyl (C=O) groups excluding carboxylic acids is 2. The molecule has 2 aromatic heterocycles. The number of morpholine rings is 1. The van der Waals surface area contributed by atoms with Gasteiger partial charge in [-0.25, -0.2) is 4.52 Å². The van der Waals surface area contributed by atoms with Crippen molar-refractivity contribution in [2.45, 2.75) is 25.7 Å². The molecule has 1 N–H and O–H groups in total. The van der Waals surface area contributed by atoms with Gasteiger partial charge in [0.25, 0.3) is 5.91 Å². The summed E-state index contributed by atoms with van der Waals surface area (Å²) < 4.78 is 12.6. The Morgan fingerprint density at radius 3 is 2.54 bits per heavy atom. The Hall–Kier alpha value is -4.24. The lowest BCUT2D eigenvalue weighted by molar-refractivity contribution is -0.118. The van der Waals surface area contributed by atoms with Crippen molar-refractivity contribution in [1.29, 1.82) is 0 Å². The van der Waals surface area contributed by atoms with E-state index in [1.807, 2.05) is 42.6 Å². The van der Waals surface area contributed by atoms with Gasteiger partial charge in [-0.1, -0.05) is 24.3 Å². The van der Waals surface area contributed by atoms with Gasteiger partial charge in [0.05, 0.1) is 26.0 Å². The molecule has 9 heteroatoms. The highest BCUT2D eigenvalue weighted by molar-refractivity contribution is 5.95. The van der Waals surface area contributed by atoms with Crippen LogP contribution in [0, 0.1) is 5.92 Å². The Bertz CT molecular complexity index is 1500. The Balaban J connectivity index is 1.16. The number of aromatic nitrogens is 3. The highest BCUT2D eigenvalue weighted by atomic mass is 16.5. The minimum Gasteiger partial charge on any atom is -0.495 e. The fourth-order valence-electron chi connectivity index (χ4n) is 4.86. The standard InChI is InChI=1S/C30H31N5O4/c1-38-27-18-23(29(37)34-12-14-39-15-13-34)8-10-26(27)31-30-32-28-11-9-24(19-35(28)33-30)22-6-4-21(5-7-22)17-25(36)16-20-2-3-20/h4-11,18-20H,2-3,12-17H2,1H3,(H,31,33). The van der Waals surface area contributed by atoms with Crippen LogP contribution in [-0.2, 0) is 16.0 Å². The second kappa shape index (κ2) is 10.9. The Labute approximate surface area is 226 Å². The molecular weight excluding hydrogens is 494 g/mol. The minimum atomic E-state index is -0.0422. The fraction of sp³-hybridized carbons (Fsp3) is 0.333. The van der Waals surface area contributed by atoms with Crippen LogP contribution >= 0.6 is 0 Å². The number of nitrogens with zero attached hydrogens (tertiary/aromatic N) is 4. The second-order valence-corrected chi connectivity index (χ2v) is 10.2. The summed E-state index contributed by atoms with van der Waals surface area (Å²) in [6.45, 7) is 2.27. The highest BCUT2D eigenvalue weighted by Gasteiger charge is 2.24. The number of Topliss-reactive ketones (excluding diaryl/α,β-unsaturated/α-hetero) is 1. The van der Waals surface area contributed by atoms with Gasteiger partial charge in [0.15, 0.2) is 5.65 Å². The van der Waals surface area contributed by atoms with Gasteiger partial charge in [-0.05, 0) is 60.2 Å². The van der Waals surface area contributed by atoms with Crippen LogP contribution in [-0.4, -0.2) is 64.6 Å². The fourth-order valence-corrected chi connectivity index (χ4v) is 4.86. The smallest absolute Gasteiger partial charge is 0.254 e. The monoisotopic (exact) mass is 525 g/mol. The summed E-state index contributed by atoms with van der Waals surface area (Å²) in [6.07, 6.45) is 5.54. The van der Waals surface area contributed by atoms with E-state index in [1.165, 1.54) is 12.8 Å². The van der Waals surface area contributed by atoms with Crippen molar-refractivity contribution in [2.24, 2.45) is 5.92 Å². The molecule has 2 aromatic carbocycles. The zero-order valence-corrected chi connectivity index (χ0v) is 21.9. The number of rotatable bonds is 9. The summed E-state index contributed by atoms with van der Waals surface area (Å²) >= 11 is 0. The largest absolute Gasteiger partial charge is 0.495 e. The van der Waals surface area contributed by atoms with Crippen LogP contribution in [0.4, 0.5) is 11.6 Å². The Morgan fingerprint density at radius 1 is 1.03 bits per heavy atom. The Morgan fingerprint density at radius 2 is 1.79 bits per heavy atom. The molecule has 1 saturated heterocycles. The maximum atomic E-state index is 12.9. The SMILES string of the molecule is COc1cc(C(=O)N2CCOCC2)ccc1Nc1nc2ccc(-c3ccc(CC(=O)CC4CC4)cc3)cn2n1. The van der Waals surface area contributed by atoms with E-state index in [0.717, 1.165) is 16.7 Å². The van der Waals surface area contributed by atoms with Crippen molar-refractivity contribution in [3.05, 3.63) is 71.9 Å². The number of amides is 1. The maximum absolute atomic E-state index is 12.9. The quantitative estimate of drug-likeness (QED) is 0.343. The highest BCUT2D eigenvalue weighted by Crippen LogP contribution is 2.33. The number of ether oxygens (including phenoxy) is 2. The predicted molar refractivity (Wildman–Crippen MR) is 147 cm³/mol. The van der Waals surface area contributed by atoms with Gasteiger partial charge in [-0.15, -0.1) is 5.10 Å². The molecule has 9 nitrogen and oxygen atoms in total. The van der Waals surface area contributed by atoms with Crippen molar-refractivity contribution in [2.75, 3.05) is 38.7 Å². The number of methoxy groups -OCH3 is 1. The van der Waals surface area contributed by atoms with E-state index in [1.54, 1.807) is 34.7 Å². The van der Waals surface area contributed by atoms with Crippen LogP contribution in [0.3, 0.4) is 0 Å². The number of carbonyl (C=O) groups is 2. The van der Waals surface area contributed by atoms with E-state index < -0.39 is 0 Å². The molecule has 2 fully saturated rings. The van der Waals surface area contributed by atoms with E-state index in [0.29, 0.717) is 79.4 Å². The van der Waals surface area contributed by atoms with E-state index in [2.05, 4.69) is 15.4 Å². The van der Waals surface area contributed by atoms with Crippen molar-refractivity contribution >= 4 is 29.0 Å². The number of hydrogen-bond donors (Lipinski definition) is 1. The van der Waals surface area contributed by atoms with Gasteiger partial charge >= 0.3 is 0 Å². The summed E-state index contributed by atoms with van der Waals surface area (Å²) in [5, 5.41) is 7.81. The Kier molecular flexibility index (Phi) is 6.98. The number of ketones is 1. The average Bonchev–Trinajstić information content (AvgIpc) is 3.69. The number of benzene rings is 2. The van der Waals surface area contributed by atoms with E-state index in [9.17, 15) is 9.59 Å². The van der Waals surface area contributed by atoms with Crippen molar-refractivity contribution in [1.82, 2.24) is 19.5 Å². The van der Waals surface area contributed by atoms with Crippen LogP contribution in [0.5, 0.6) is 5.75 Å². The lowest BCUT2D eigenvalue weighted by Gasteiger charge is -2.27. The molecule has 4 aromatic rings. The van der Waals surface area contributed by atoms with Gasteiger partial charge in [-0.3, -0.25) is 9.59 Å². The first kappa shape index (κ1) is 25.1. The van der Waals surface area contributed by atoms with Crippen molar-refractivity contribution < 1.29 is 19.1 Å². The van der Waals surface area contributed by atoms with E-state index in [4.69, 9.17) is 9.47 Å². The molecular formula is C30H31N5O4. The molecule has 3 heterocycles. The molecule has 0 radical (unpaired) electrons. The van der Waals surface area contributed by atoms with Gasteiger partial charge in [0.1, 0.15) is 11.5 Å². The molecule has 0 bridgehead atoms. The van der Waals surface area contributed by atoms with Gasteiger partial charge < -0.3 is 19.7 Å². The third-order valence-corrected chi connectivity index (χ3v) is 7.23. The predicted octanol–water partition coefficient (Wildman–Crippen LogP) is 4.53. The lowest BCUT2D eigenvalue weighted by Crippen LogP contribution is -2.40. The normalized spacial score (nSPS) is 15.4. The summed E-state index contributed by atoms with van der Waals surface area (Å²) in [4.78, 5) is 31.4. The van der Waals surface area contributed by atoms with Crippen LogP contribution in [0.15, 0.2) is 60.8 Å². The zero-order valence-electron chi connectivity index (χ0n) is 21.9. The van der Waals surface area contributed by atoms with Crippen LogP contribution < -0.4 is 10.1 Å². The average molecular weight is 526 g/mol. The maximum Gasteiger partial charge on any atom is 0.254 e. The molecule has 2 aliphatic rings. The molecule has 200 valence electrons. The van der Waals surface area contributed by atoms with Crippen LogP contribution in [0.25, 0.3) is 16.8 Å². The summed E-state index contributed by atoms with van der Waals surface area (Å²) in [5.74, 6) is 1.85. The third-order valence-electron chi connectivity index (χ3n) is 7.23. The molecule has 6 rings (SSSR count). The molecule has 1 aliphatic heterocycles. The molecule has 0 atom stereocenters. The first-order chi connectivity index (χ1) is 19.1. The summed E-state index contributed by atoms with van der Waals surface area (Å²) in [5.41, 5.74) is 5.01. The second-order valence-electron chi connectivity index (χ2n) is 10.2. The van der Waals surface area contributed by atoms with Gasteiger partial charge in [0.2, 0.25) is 5.95 Å². The summed E-state index contributed by atoms with van der Waals surface area (Å²) in [7, 11) is 1.57. The van der Waals surface area contributed by atoms with Crippen LogP contribution in [0.1, 0.15) is 35.2 Å². The topological polar surface area (TPSA) is 98.1 Å². The van der Waals surface area contributed by atoms with E-state index >= 15 is 0 Å². The number of hydrogen-bond acceptors (Lipinski definition) is 7. The van der Waals surface area contributed by atoms with Gasteiger partial charge in [-0.2, -0.15) is 4.98 Å². The third kappa shape index (κ3) is 5.78. The zero-order chi connectivity index (χ0) is 26.8. The molecule has 1 amide bonds. The summed E-state index contributed by atoms with van der Waals surface area (Å²) in [6, 6.07) is 17.4. The number of nitrogens with one attached hydrogen (secondary N) is 1. The van der Waals surface area contributed by atoms with Crippen molar-refractivity contribution in [3.8, 4) is 16.9 Å². The first-order valence-electron chi connectivity index (χ1n) is 13.4. The first-order valence-corrected chi connectivity index (χ1v) is 13.4. The van der Waals surface area contributed by atoms with Crippen molar-refractivity contribution in [3.63, 3.8) is 0 Å². The van der Waals surface area contributed by atoms with Gasteiger partial charge in [0, 0.05) is 43.3 Å². The van der Waals surface area contributed by atoms with E-state index in [-0.39, 0.29) is 5.91 Å². The lowest BCUT2D eigenvalue weighted by atomic mass is 10.0.